The summed E-state index contributed by atoms with van der Waals surface area (Å²) in [5.41, 5.74) is 22.0. The van der Waals surface area contributed by atoms with Gasteiger partial charge in [-0.2, -0.15) is 0 Å². The molecule has 2 heteroatoms. The van der Waals surface area contributed by atoms with E-state index in [2.05, 4.69) is 235 Å². The number of hydrogen-bond donors (Lipinski definition) is 0. The molecule has 2 aliphatic rings. The van der Waals surface area contributed by atoms with Crippen molar-refractivity contribution < 1.29 is 4.42 Å². The first-order valence-electron chi connectivity index (χ1n) is 21.7. The SMILES string of the molecule is c1ccc(-c2cc(-c3ccccc3)cc(-c3ccc(N(c4ccc5c(c4)oc4ccccc45)c4cccc5c4-c4ccccc4C54c5ccccc5-c5ccccc54)cc3)c2)cc1. The highest BCUT2D eigenvalue weighted by Crippen LogP contribution is 2.64. The number of anilines is 3. The quantitative estimate of drug-likeness (QED) is 0.167. The molecular weight excluding hydrogens is 763 g/mol. The Kier molecular flexibility index (Phi) is 7.85. The van der Waals surface area contributed by atoms with E-state index in [0.717, 1.165) is 44.6 Å². The minimum absolute atomic E-state index is 0.451. The number of benzene rings is 10. The van der Waals surface area contributed by atoms with Crippen LogP contribution in [0.1, 0.15) is 22.3 Å². The van der Waals surface area contributed by atoms with Crippen LogP contribution in [0.5, 0.6) is 0 Å². The lowest BCUT2D eigenvalue weighted by Crippen LogP contribution is -2.26. The molecule has 1 aromatic heterocycles. The van der Waals surface area contributed by atoms with Crippen LogP contribution >= 0.6 is 0 Å². The minimum Gasteiger partial charge on any atom is -0.456 e. The van der Waals surface area contributed by atoms with Crippen molar-refractivity contribution in [2.75, 3.05) is 4.90 Å². The molecule has 0 amide bonds. The maximum absolute atomic E-state index is 6.56. The second-order valence-electron chi connectivity index (χ2n) is 16.8. The first-order valence-corrected chi connectivity index (χ1v) is 21.7. The summed E-state index contributed by atoms with van der Waals surface area (Å²) >= 11 is 0. The van der Waals surface area contributed by atoms with Gasteiger partial charge in [0.05, 0.1) is 11.1 Å². The monoisotopic (exact) mass is 801 g/mol. The molecular formula is C61H39NO. The summed E-state index contributed by atoms with van der Waals surface area (Å²) in [5, 5.41) is 2.23. The first kappa shape index (κ1) is 35.5. The van der Waals surface area contributed by atoms with Gasteiger partial charge >= 0.3 is 0 Å². The van der Waals surface area contributed by atoms with Gasteiger partial charge in [-0.05, 0) is 127 Å². The summed E-state index contributed by atoms with van der Waals surface area (Å²) in [7, 11) is 0. The minimum atomic E-state index is -0.451. The Morgan fingerprint density at radius 3 is 1.41 bits per heavy atom. The molecule has 0 saturated heterocycles. The molecule has 0 fully saturated rings. The van der Waals surface area contributed by atoms with Crippen molar-refractivity contribution in [3.05, 3.63) is 259 Å². The summed E-state index contributed by atoms with van der Waals surface area (Å²) < 4.78 is 6.56. The topological polar surface area (TPSA) is 16.4 Å². The standard InChI is InChI=1S/C61H39NO/c1-3-16-40(17-4-1)43-36-44(41-18-5-2-6-19-41)38-45(37-43)42-30-32-46(33-31-42)62(47-34-35-51-50-22-10-14-29-58(50)63-59(51)39-47)57-28-15-27-56-60(57)52-23-9-13-26-55(52)61(56)53-24-11-7-20-48(53)49-21-8-12-25-54(49)61/h1-39H. The Bertz CT molecular complexity index is 3460. The number of fused-ring (bicyclic) bond motifs is 13. The van der Waals surface area contributed by atoms with Crippen molar-refractivity contribution >= 4 is 39.0 Å². The van der Waals surface area contributed by atoms with Gasteiger partial charge in [0.25, 0.3) is 0 Å². The lowest BCUT2D eigenvalue weighted by molar-refractivity contribution is 0.669. The van der Waals surface area contributed by atoms with Crippen LogP contribution in [0.3, 0.4) is 0 Å². The van der Waals surface area contributed by atoms with Gasteiger partial charge in [0.1, 0.15) is 11.2 Å². The number of rotatable bonds is 6. The summed E-state index contributed by atoms with van der Waals surface area (Å²) in [5.74, 6) is 0. The van der Waals surface area contributed by atoms with E-state index in [9.17, 15) is 0 Å². The Hall–Kier alpha value is -8.20. The molecule has 2 aliphatic carbocycles. The maximum atomic E-state index is 6.56. The molecule has 0 unspecified atom stereocenters. The molecule has 2 nitrogen and oxygen atoms in total. The van der Waals surface area contributed by atoms with E-state index in [-0.39, 0.29) is 0 Å². The third kappa shape index (κ3) is 5.32. The van der Waals surface area contributed by atoms with Gasteiger partial charge in [-0.3, -0.25) is 0 Å². The van der Waals surface area contributed by atoms with Gasteiger partial charge in [0, 0.05) is 33.8 Å². The van der Waals surface area contributed by atoms with Gasteiger partial charge < -0.3 is 9.32 Å². The fourth-order valence-corrected chi connectivity index (χ4v) is 10.8. The molecule has 10 aromatic carbocycles. The van der Waals surface area contributed by atoms with Crippen LogP contribution in [0.15, 0.2) is 241 Å². The van der Waals surface area contributed by atoms with Gasteiger partial charge in [-0.25, -0.2) is 0 Å². The van der Waals surface area contributed by atoms with Crippen LogP contribution in [0.25, 0.3) is 77.6 Å². The zero-order valence-electron chi connectivity index (χ0n) is 34.4. The van der Waals surface area contributed by atoms with Crippen LogP contribution in [0.2, 0.25) is 0 Å². The van der Waals surface area contributed by atoms with E-state index in [1.165, 1.54) is 72.3 Å². The van der Waals surface area contributed by atoms with Crippen molar-refractivity contribution in [2.24, 2.45) is 0 Å². The summed E-state index contributed by atoms with van der Waals surface area (Å²) in [4.78, 5) is 2.44. The number of furan rings is 1. The van der Waals surface area contributed by atoms with Crippen molar-refractivity contribution in [3.8, 4) is 55.6 Å². The molecule has 13 rings (SSSR count). The predicted octanol–water partition coefficient (Wildman–Crippen LogP) is 16.4. The molecule has 1 spiro atoms. The third-order valence-electron chi connectivity index (χ3n) is 13.5. The molecule has 0 atom stereocenters. The predicted molar refractivity (Wildman–Crippen MR) is 261 cm³/mol. The van der Waals surface area contributed by atoms with Crippen molar-refractivity contribution in [3.63, 3.8) is 0 Å². The van der Waals surface area contributed by atoms with E-state index in [1.807, 2.05) is 6.07 Å². The van der Waals surface area contributed by atoms with Gasteiger partial charge in [-0.1, -0.05) is 176 Å². The smallest absolute Gasteiger partial charge is 0.137 e. The molecule has 0 aliphatic heterocycles. The van der Waals surface area contributed by atoms with Crippen LogP contribution in [0.4, 0.5) is 17.1 Å². The van der Waals surface area contributed by atoms with Gasteiger partial charge in [0.2, 0.25) is 0 Å². The zero-order chi connectivity index (χ0) is 41.5. The second-order valence-corrected chi connectivity index (χ2v) is 16.8. The van der Waals surface area contributed by atoms with Crippen LogP contribution in [0, 0.1) is 0 Å². The van der Waals surface area contributed by atoms with Crippen molar-refractivity contribution in [1.29, 1.82) is 0 Å². The van der Waals surface area contributed by atoms with Crippen LogP contribution < -0.4 is 4.90 Å². The first-order chi connectivity index (χ1) is 31.2. The average molecular weight is 802 g/mol. The molecule has 1 heterocycles. The summed E-state index contributed by atoms with van der Waals surface area (Å²) in [6.07, 6.45) is 0. The molecule has 0 bridgehead atoms. The fraction of sp³-hybridized carbons (Fsp3) is 0.0164. The number of nitrogens with zero attached hydrogens (tertiary/aromatic N) is 1. The maximum Gasteiger partial charge on any atom is 0.137 e. The number of para-hydroxylation sites is 1. The highest BCUT2D eigenvalue weighted by molar-refractivity contribution is 6.07. The molecule has 0 N–H and O–H groups in total. The van der Waals surface area contributed by atoms with Gasteiger partial charge in [-0.15, -0.1) is 0 Å². The van der Waals surface area contributed by atoms with E-state index in [0.29, 0.717) is 0 Å². The Morgan fingerprint density at radius 1 is 0.302 bits per heavy atom. The van der Waals surface area contributed by atoms with Gasteiger partial charge in [0.15, 0.2) is 0 Å². The summed E-state index contributed by atoms with van der Waals surface area (Å²) in [6, 6.07) is 86.5. The van der Waals surface area contributed by atoms with Crippen molar-refractivity contribution in [2.45, 2.75) is 5.41 Å². The van der Waals surface area contributed by atoms with E-state index < -0.39 is 5.41 Å². The Balaban J connectivity index is 1.03. The van der Waals surface area contributed by atoms with Crippen molar-refractivity contribution in [1.82, 2.24) is 0 Å². The normalized spacial score (nSPS) is 12.9. The second kappa shape index (κ2) is 13.9. The van der Waals surface area contributed by atoms with Crippen LogP contribution in [-0.4, -0.2) is 0 Å². The summed E-state index contributed by atoms with van der Waals surface area (Å²) in [6.45, 7) is 0. The molecule has 0 radical (unpaired) electrons. The highest BCUT2D eigenvalue weighted by atomic mass is 16.3. The number of hydrogen-bond acceptors (Lipinski definition) is 2. The fourth-order valence-electron chi connectivity index (χ4n) is 10.8. The molecule has 63 heavy (non-hydrogen) atoms. The van der Waals surface area contributed by atoms with E-state index >= 15 is 0 Å². The lowest BCUT2D eigenvalue weighted by Gasteiger charge is -2.31. The lowest BCUT2D eigenvalue weighted by atomic mass is 9.70. The Morgan fingerprint density at radius 2 is 0.778 bits per heavy atom. The van der Waals surface area contributed by atoms with Crippen LogP contribution in [-0.2, 0) is 5.41 Å². The van der Waals surface area contributed by atoms with E-state index in [4.69, 9.17) is 4.42 Å². The third-order valence-corrected chi connectivity index (χ3v) is 13.5. The highest BCUT2D eigenvalue weighted by Gasteiger charge is 2.52. The molecule has 0 saturated carbocycles. The van der Waals surface area contributed by atoms with E-state index in [1.54, 1.807) is 0 Å². The molecule has 294 valence electrons. The average Bonchev–Trinajstić information content (AvgIpc) is 3.99. The molecule has 11 aromatic rings. The largest absolute Gasteiger partial charge is 0.456 e. The Labute approximate surface area is 366 Å². The zero-order valence-corrected chi connectivity index (χ0v) is 34.4.